The fraction of sp³-hybridized carbons (Fsp3) is 0.588. The normalized spacial score (nSPS) is 18.2. The summed E-state index contributed by atoms with van der Waals surface area (Å²) in [5, 5.41) is 12.6. The van der Waals surface area contributed by atoms with Crippen molar-refractivity contribution in [2.24, 2.45) is 0 Å². The molecule has 1 aliphatic rings. The predicted octanol–water partition coefficient (Wildman–Crippen LogP) is 2.61. The van der Waals surface area contributed by atoms with Gasteiger partial charge >= 0.3 is 0 Å². The Morgan fingerprint density at radius 3 is 2.48 bits per heavy atom. The van der Waals surface area contributed by atoms with Crippen molar-refractivity contribution in [2.45, 2.75) is 50.5 Å². The second-order valence-electron chi connectivity index (χ2n) is 6.07. The zero-order chi connectivity index (χ0) is 15.3. The molecule has 2 rings (SSSR count). The fourth-order valence-corrected chi connectivity index (χ4v) is 3.05. The van der Waals surface area contributed by atoms with E-state index in [0.29, 0.717) is 6.42 Å². The Labute approximate surface area is 126 Å². The highest BCUT2D eigenvalue weighted by Gasteiger charge is 2.34. The molecule has 0 heterocycles. The number of nitrogens with one attached hydrogen (secondary N) is 1. The summed E-state index contributed by atoms with van der Waals surface area (Å²) in [7, 11) is 1.64. The molecule has 1 fully saturated rings. The van der Waals surface area contributed by atoms with E-state index in [2.05, 4.69) is 5.32 Å². The summed E-state index contributed by atoms with van der Waals surface area (Å²) in [6.45, 7) is 2.08. The highest BCUT2D eigenvalue weighted by Crippen LogP contribution is 2.30. The number of hydrogen-bond donors (Lipinski definition) is 2. The summed E-state index contributed by atoms with van der Waals surface area (Å²) < 4.78 is 5.14. The molecule has 1 saturated carbocycles. The van der Waals surface area contributed by atoms with Gasteiger partial charge in [0.25, 0.3) is 0 Å². The van der Waals surface area contributed by atoms with Gasteiger partial charge in [0.2, 0.25) is 5.91 Å². The molecule has 1 aromatic rings. The molecule has 1 aliphatic carbocycles. The van der Waals surface area contributed by atoms with Crippen molar-refractivity contribution in [3.63, 3.8) is 0 Å². The number of aliphatic hydroxyl groups is 1. The summed E-state index contributed by atoms with van der Waals surface area (Å²) in [4.78, 5) is 12.2. The van der Waals surface area contributed by atoms with Crippen LogP contribution in [0.5, 0.6) is 5.75 Å². The van der Waals surface area contributed by atoms with Gasteiger partial charge < -0.3 is 15.2 Å². The number of benzene rings is 1. The smallest absolute Gasteiger partial charge is 0.221 e. The Bertz CT molecular complexity index is 463. The van der Waals surface area contributed by atoms with Crippen molar-refractivity contribution in [1.82, 2.24) is 5.32 Å². The summed E-state index contributed by atoms with van der Waals surface area (Å²) in [5.74, 6) is 0.989. The maximum atomic E-state index is 12.2. The van der Waals surface area contributed by atoms with Crippen LogP contribution in [0.2, 0.25) is 0 Å². The third-order valence-electron chi connectivity index (χ3n) is 4.44. The molecule has 1 atom stereocenters. The second kappa shape index (κ2) is 6.94. The van der Waals surface area contributed by atoms with Crippen LogP contribution in [0.25, 0.3) is 0 Å². The van der Waals surface area contributed by atoms with Gasteiger partial charge in [0.05, 0.1) is 19.3 Å². The first-order valence-electron chi connectivity index (χ1n) is 7.64. The van der Waals surface area contributed by atoms with E-state index in [1.54, 1.807) is 7.11 Å². The Hall–Kier alpha value is -1.55. The van der Waals surface area contributed by atoms with Crippen LogP contribution in [-0.4, -0.2) is 30.3 Å². The molecule has 0 saturated heterocycles. The van der Waals surface area contributed by atoms with Gasteiger partial charge in [-0.1, -0.05) is 31.9 Å². The molecule has 4 heteroatoms. The number of hydrogen-bond acceptors (Lipinski definition) is 3. The zero-order valence-electron chi connectivity index (χ0n) is 12.9. The monoisotopic (exact) mass is 291 g/mol. The molecular weight excluding hydrogens is 266 g/mol. The lowest BCUT2D eigenvalue weighted by molar-refractivity contribution is -0.123. The summed E-state index contributed by atoms with van der Waals surface area (Å²) in [6.07, 6.45) is 4.36. The number of ether oxygens (including phenoxy) is 1. The molecule has 0 bridgehead atoms. The van der Waals surface area contributed by atoms with Crippen LogP contribution >= 0.6 is 0 Å². The Morgan fingerprint density at radius 2 is 1.95 bits per heavy atom. The second-order valence-corrected chi connectivity index (χ2v) is 6.07. The van der Waals surface area contributed by atoms with E-state index < -0.39 is 0 Å². The highest BCUT2D eigenvalue weighted by molar-refractivity contribution is 5.77. The van der Waals surface area contributed by atoms with E-state index in [1.807, 2.05) is 31.2 Å². The zero-order valence-corrected chi connectivity index (χ0v) is 12.9. The van der Waals surface area contributed by atoms with Crippen LogP contribution in [0.1, 0.15) is 50.5 Å². The lowest BCUT2D eigenvalue weighted by Gasteiger charge is -2.28. The average Bonchev–Trinajstić information content (AvgIpc) is 2.96. The lowest BCUT2D eigenvalue weighted by Crippen LogP contribution is -2.49. The average molecular weight is 291 g/mol. The van der Waals surface area contributed by atoms with E-state index in [-0.39, 0.29) is 24.0 Å². The van der Waals surface area contributed by atoms with Crippen molar-refractivity contribution >= 4 is 5.91 Å². The molecule has 0 radical (unpaired) electrons. The Kier molecular flexibility index (Phi) is 5.23. The lowest BCUT2D eigenvalue weighted by atomic mass is 9.95. The minimum atomic E-state index is -0.378. The van der Waals surface area contributed by atoms with Crippen molar-refractivity contribution in [3.8, 4) is 5.75 Å². The third kappa shape index (κ3) is 3.97. The van der Waals surface area contributed by atoms with Gasteiger partial charge in [0.15, 0.2) is 0 Å². The molecule has 1 unspecified atom stereocenters. The minimum Gasteiger partial charge on any atom is -0.497 e. The van der Waals surface area contributed by atoms with Crippen molar-refractivity contribution in [3.05, 3.63) is 29.8 Å². The highest BCUT2D eigenvalue weighted by atomic mass is 16.5. The van der Waals surface area contributed by atoms with E-state index in [0.717, 1.165) is 37.0 Å². The van der Waals surface area contributed by atoms with Crippen molar-refractivity contribution in [2.75, 3.05) is 13.7 Å². The largest absolute Gasteiger partial charge is 0.497 e. The van der Waals surface area contributed by atoms with Crippen molar-refractivity contribution in [1.29, 1.82) is 0 Å². The summed E-state index contributed by atoms with van der Waals surface area (Å²) in [5.41, 5.74) is 0.742. The van der Waals surface area contributed by atoms with Crippen molar-refractivity contribution < 1.29 is 14.6 Å². The van der Waals surface area contributed by atoms with Gasteiger partial charge in [-0.05, 0) is 36.5 Å². The molecule has 2 N–H and O–H groups in total. The third-order valence-corrected chi connectivity index (χ3v) is 4.44. The van der Waals surface area contributed by atoms with E-state index in [9.17, 15) is 9.90 Å². The molecule has 1 amide bonds. The van der Waals surface area contributed by atoms with Crippen LogP contribution in [0, 0.1) is 0 Å². The van der Waals surface area contributed by atoms with E-state index >= 15 is 0 Å². The first-order chi connectivity index (χ1) is 10.1. The summed E-state index contributed by atoms with van der Waals surface area (Å²) in [6, 6.07) is 7.81. The summed E-state index contributed by atoms with van der Waals surface area (Å²) >= 11 is 0. The van der Waals surface area contributed by atoms with Gasteiger partial charge in [-0.3, -0.25) is 4.79 Å². The standard InChI is InChI=1S/C17H25NO3/c1-13(14-5-7-15(21-2)8-6-14)11-16(20)18-17(12-19)9-3-4-10-17/h5-8,13,19H,3-4,9-12H2,1-2H3,(H,18,20). The van der Waals surface area contributed by atoms with Gasteiger partial charge in [-0.2, -0.15) is 0 Å². The Morgan fingerprint density at radius 1 is 1.33 bits per heavy atom. The molecule has 4 nitrogen and oxygen atoms in total. The molecular formula is C17H25NO3. The van der Waals surface area contributed by atoms with E-state index in [1.165, 1.54) is 0 Å². The molecule has 116 valence electrons. The van der Waals surface area contributed by atoms with Gasteiger partial charge in [0, 0.05) is 6.42 Å². The Balaban J connectivity index is 1.91. The SMILES string of the molecule is COc1ccc(C(C)CC(=O)NC2(CO)CCCC2)cc1. The maximum absolute atomic E-state index is 12.2. The number of carbonyl (C=O) groups excluding carboxylic acids is 1. The van der Waals surface area contributed by atoms with Gasteiger partial charge in [0.1, 0.15) is 5.75 Å². The number of aliphatic hydroxyl groups excluding tert-OH is 1. The van der Waals surface area contributed by atoms with Gasteiger partial charge in [-0.15, -0.1) is 0 Å². The first-order valence-corrected chi connectivity index (χ1v) is 7.64. The number of methoxy groups -OCH3 is 1. The number of rotatable bonds is 6. The molecule has 0 aromatic heterocycles. The van der Waals surface area contributed by atoms with Gasteiger partial charge in [-0.25, -0.2) is 0 Å². The molecule has 0 spiro atoms. The quantitative estimate of drug-likeness (QED) is 0.847. The maximum Gasteiger partial charge on any atom is 0.221 e. The first kappa shape index (κ1) is 15.8. The fourth-order valence-electron chi connectivity index (χ4n) is 3.05. The molecule has 0 aliphatic heterocycles. The predicted molar refractivity (Wildman–Crippen MR) is 82.5 cm³/mol. The van der Waals surface area contributed by atoms with Crippen LogP contribution in [0.15, 0.2) is 24.3 Å². The van der Waals surface area contributed by atoms with Crippen LogP contribution in [0.3, 0.4) is 0 Å². The number of carbonyl (C=O) groups is 1. The van der Waals surface area contributed by atoms with Crippen LogP contribution in [-0.2, 0) is 4.79 Å². The van der Waals surface area contributed by atoms with Crippen LogP contribution in [0.4, 0.5) is 0 Å². The van der Waals surface area contributed by atoms with E-state index in [4.69, 9.17) is 4.74 Å². The van der Waals surface area contributed by atoms with Crippen LogP contribution < -0.4 is 10.1 Å². The molecule has 1 aromatic carbocycles. The number of amides is 1. The minimum absolute atomic E-state index is 0.0225. The topological polar surface area (TPSA) is 58.6 Å². The molecule has 21 heavy (non-hydrogen) atoms.